The Hall–Kier alpha value is -4.32. The van der Waals surface area contributed by atoms with Crippen molar-refractivity contribution in [2.45, 2.75) is 104 Å². The Morgan fingerprint density at radius 3 is 1.85 bits per heavy atom. The molecule has 4 aromatic rings. The van der Waals surface area contributed by atoms with Gasteiger partial charge in [-0.3, -0.25) is 4.79 Å². The number of methoxy groups -OCH3 is 1. The van der Waals surface area contributed by atoms with Crippen LogP contribution in [0.2, 0.25) is 0 Å². The van der Waals surface area contributed by atoms with E-state index in [2.05, 4.69) is 119 Å². The third-order valence-corrected chi connectivity index (χ3v) is 10.2. The number of aryl methyl sites for hydroxylation is 3. The summed E-state index contributed by atoms with van der Waals surface area (Å²) in [6.07, 6.45) is 13.4. The maximum absolute atomic E-state index is 11.9. The van der Waals surface area contributed by atoms with E-state index in [1.54, 1.807) is 14.0 Å². The number of carbonyl (C=O) groups excluding carboxylic acids is 2. The minimum absolute atomic E-state index is 0.0918. The Kier molecular flexibility index (Phi) is 20.5. The SMILES string of the molecule is C=C(C)C=O.C=C(CO)C(=O)OCC(COC)CC1CCC(c2ccc3cc(CCc4ccc(-c5ccc(CCCC)cc5)cc4)ccc3c2)CC1.CCC. The van der Waals surface area contributed by atoms with Gasteiger partial charge in [-0.25, -0.2) is 4.79 Å². The quantitative estimate of drug-likeness (QED) is 0.0662. The maximum atomic E-state index is 11.9. The molecule has 0 bridgehead atoms. The first-order valence-corrected chi connectivity index (χ1v) is 20.4. The van der Waals surface area contributed by atoms with Crippen LogP contribution in [0.3, 0.4) is 0 Å². The van der Waals surface area contributed by atoms with Gasteiger partial charge < -0.3 is 14.6 Å². The summed E-state index contributed by atoms with van der Waals surface area (Å²) in [6, 6.07) is 32.2. The van der Waals surface area contributed by atoms with Crippen molar-refractivity contribution in [2.24, 2.45) is 11.8 Å². The highest BCUT2D eigenvalue weighted by Crippen LogP contribution is 2.39. The fourth-order valence-electron chi connectivity index (χ4n) is 7.10. The lowest BCUT2D eigenvalue weighted by molar-refractivity contribution is -0.141. The standard InChI is InChI=1S/C43H52O4.C4H6O.C3H8/c1-4-5-6-32-9-16-37(17-10-32)38-18-11-33(12-19-38)7-8-35-15-22-42-27-41(24-23-40(42)26-35)39-20-13-34(14-21-39)25-36(29-46-3)30-47-43(45)31(2)28-44;1-4(2)3-5;1-3-2/h9-12,15-19,22-24,26-27,34,36,39,44H,2,4-8,13-14,20-21,25,28-30H2,1,3H3;3H,1H2,2H3;3H2,1-2H3. The molecule has 1 atom stereocenters. The van der Waals surface area contributed by atoms with Crippen molar-refractivity contribution in [2.75, 3.05) is 26.9 Å². The second-order valence-electron chi connectivity index (χ2n) is 15.2. The molecule has 0 saturated heterocycles. The Morgan fingerprint density at radius 1 is 0.782 bits per heavy atom. The summed E-state index contributed by atoms with van der Waals surface area (Å²) in [5.41, 5.74) is 8.87. The van der Waals surface area contributed by atoms with E-state index < -0.39 is 5.97 Å². The van der Waals surface area contributed by atoms with Gasteiger partial charge in [0.25, 0.3) is 0 Å². The molecule has 5 rings (SSSR count). The third kappa shape index (κ3) is 15.8. The number of rotatable bonds is 17. The molecule has 1 unspecified atom stereocenters. The highest BCUT2D eigenvalue weighted by Gasteiger charge is 2.26. The lowest BCUT2D eigenvalue weighted by Crippen LogP contribution is -2.24. The molecule has 1 N–H and O–H groups in total. The van der Waals surface area contributed by atoms with Crippen LogP contribution >= 0.6 is 0 Å². The third-order valence-electron chi connectivity index (χ3n) is 10.2. The van der Waals surface area contributed by atoms with Crippen LogP contribution in [0.1, 0.15) is 107 Å². The zero-order valence-corrected chi connectivity index (χ0v) is 34.3. The number of hydrogen-bond acceptors (Lipinski definition) is 5. The van der Waals surface area contributed by atoms with E-state index in [4.69, 9.17) is 14.6 Å². The van der Waals surface area contributed by atoms with Crippen LogP contribution in [-0.4, -0.2) is 44.3 Å². The molecule has 0 aliphatic heterocycles. The van der Waals surface area contributed by atoms with Crippen molar-refractivity contribution in [3.05, 3.63) is 131 Å². The van der Waals surface area contributed by atoms with E-state index in [9.17, 15) is 9.59 Å². The van der Waals surface area contributed by atoms with Crippen molar-refractivity contribution in [3.63, 3.8) is 0 Å². The number of aliphatic hydroxyl groups excluding tert-OH is 1. The summed E-state index contributed by atoms with van der Waals surface area (Å²) in [5, 5.41) is 11.8. The number of aldehydes is 1. The van der Waals surface area contributed by atoms with E-state index in [1.165, 1.54) is 89.1 Å². The molecule has 0 radical (unpaired) electrons. The summed E-state index contributed by atoms with van der Waals surface area (Å²) >= 11 is 0. The molecular weight excluding hydrogens is 681 g/mol. The van der Waals surface area contributed by atoms with Gasteiger partial charge in [-0.15, -0.1) is 0 Å². The van der Waals surface area contributed by atoms with Gasteiger partial charge in [-0.1, -0.05) is 132 Å². The molecule has 1 aliphatic rings. The molecule has 1 saturated carbocycles. The number of unbranched alkanes of at least 4 members (excludes halogenated alkanes) is 1. The average molecular weight is 747 g/mol. The molecule has 55 heavy (non-hydrogen) atoms. The number of benzene rings is 4. The largest absolute Gasteiger partial charge is 0.462 e. The molecule has 5 heteroatoms. The number of allylic oxidation sites excluding steroid dienone is 1. The Labute approximate surface area is 331 Å². The molecule has 296 valence electrons. The highest BCUT2D eigenvalue weighted by molar-refractivity contribution is 5.88. The average Bonchev–Trinajstić information content (AvgIpc) is 3.21. The molecule has 0 spiro atoms. The van der Waals surface area contributed by atoms with Gasteiger partial charge in [0, 0.05) is 13.0 Å². The highest BCUT2D eigenvalue weighted by atomic mass is 16.5. The molecule has 1 aliphatic carbocycles. The van der Waals surface area contributed by atoms with Crippen molar-refractivity contribution in [3.8, 4) is 11.1 Å². The lowest BCUT2D eigenvalue weighted by Gasteiger charge is -2.31. The summed E-state index contributed by atoms with van der Waals surface area (Å²) in [4.78, 5) is 21.3. The summed E-state index contributed by atoms with van der Waals surface area (Å²) in [5.74, 6) is 0.825. The monoisotopic (exact) mass is 746 g/mol. The minimum atomic E-state index is -0.523. The van der Waals surface area contributed by atoms with Crippen molar-refractivity contribution in [1.29, 1.82) is 0 Å². The molecule has 0 amide bonds. The summed E-state index contributed by atoms with van der Waals surface area (Å²) in [6.45, 7) is 15.5. The van der Waals surface area contributed by atoms with Crippen LogP contribution in [0.15, 0.2) is 109 Å². The van der Waals surface area contributed by atoms with E-state index in [0.717, 1.165) is 32.0 Å². The molecule has 4 aromatic carbocycles. The molecule has 5 nitrogen and oxygen atoms in total. The normalized spacial score (nSPS) is 15.5. The van der Waals surface area contributed by atoms with Crippen molar-refractivity contribution in [1.82, 2.24) is 0 Å². The molecule has 1 fully saturated rings. The van der Waals surface area contributed by atoms with Gasteiger partial charge in [0.15, 0.2) is 0 Å². The number of fused-ring (bicyclic) bond motifs is 1. The van der Waals surface area contributed by atoms with Crippen LogP contribution in [0.5, 0.6) is 0 Å². The van der Waals surface area contributed by atoms with Gasteiger partial charge in [-0.2, -0.15) is 0 Å². The fourth-order valence-corrected chi connectivity index (χ4v) is 7.10. The van der Waals surface area contributed by atoms with Crippen LogP contribution < -0.4 is 0 Å². The topological polar surface area (TPSA) is 72.8 Å². The fraction of sp³-hybridized carbons (Fsp3) is 0.440. The Balaban J connectivity index is 0.000000925. The number of carbonyl (C=O) groups is 2. The number of aliphatic hydroxyl groups is 1. The maximum Gasteiger partial charge on any atom is 0.335 e. The second kappa shape index (κ2) is 25.0. The van der Waals surface area contributed by atoms with E-state index in [1.807, 2.05) is 0 Å². The van der Waals surface area contributed by atoms with Crippen LogP contribution in [-0.2, 0) is 38.3 Å². The van der Waals surface area contributed by atoms with Crippen LogP contribution in [0.4, 0.5) is 0 Å². The van der Waals surface area contributed by atoms with E-state index >= 15 is 0 Å². The number of hydrogen-bond donors (Lipinski definition) is 1. The first kappa shape index (κ1) is 45.1. The first-order chi connectivity index (χ1) is 26.6. The smallest absolute Gasteiger partial charge is 0.335 e. The second-order valence-corrected chi connectivity index (χ2v) is 15.2. The zero-order chi connectivity index (χ0) is 40.0. The number of ether oxygens (including phenoxy) is 2. The predicted octanol–water partition coefficient (Wildman–Crippen LogP) is 11.8. The van der Waals surface area contributed by atoms with Gasteiger partial charge >= 0.3 is 5.97 Å². The minimum Gasteiger partial charge on any atom is -0.462 e. The van der Waals surface area contributed by atoms with Gasteiger partial charge in [0.1, 0.15) is 6.29 Å². The summed E-state index contributed by atoms with van der Waals surface area (Å²) < 4.78 is 10.8. The van der Waals surface area contributed by atoms with Crippen molar-refractivity contribution < 1.29 is 24.2 Å². The van der Waals surface area contributed by atoms with Crippen LogP contribution in [0, 0.1) is 11.8 Å². The van der Waals surface area contributed by atoms with Gasteiger partial charge in [0.05, 0.1) is 25.4 Å². The first-order valence-electron chi connectivity index (χ1n) is 20.4. The summed E-state index contributed by atoms with van der Waals surface area (Å²) in [7, 11) is 1.69. The lowest BCUT2D eigenvalue weighted by atomic mass is 9.75. The van der Waals surface area contributed by atoms with Gasteiger partial charge in [0.2, 0.25) is 0 Å². The number of esters is 1. The predicted molar refractivity (Wildman–Crippen MR) is 231 cm³/mol. The van der Waals surface area contributed by atoms with E-state index in [0.29, 0.717) is 30.6 Å². The van der Waals surface area contributed by atoms with Crippen LogP contribution in [0.25, 0.3) is 21.9 Å². The van der Waals surface area contributed by atoms with Gasteiger partial charge in [-0.05, 0) is 126 Å². The molecule has 0 aromatic heterocycles. The molecular formula is C50H66O5. The zero-order valence-electron chi connectivity index (χ0n) is 34.3. The van der Waals surface area contributed by atoms with Crippen molar-refractivity contribution >= 4 is 23.0 Å². The Morgan fingerprint density at radius 2 is 1.31 bits per heavy atom. The van der Waals surface area contributed by atoms with E-state index in [-0.39, 0.29) is 18.1 Å². The Bertz CT molecular complexity index is 1750. The molecule has 0 heterocycles.